The smallest absolute Gasteiger partial charge is 0.220 e. The van der Waals surface area contributed by atoms with E-state index in [1.54, 1.807) is 12.1 Å². The first-order chi connectivity index (χ1) is 15.7. The third-order valence-corrected chi connectivity index (χ3v) is 6.54. The number of hydrogen-bond acceptors (Lipinski definition) is 5. The van der Waals surface area contributed by atoms with Crippen molar-refractivity contribution in [3.63, 3.8) is 0 Å². The molecule has 6 nitrogen and oxygen atoms in total. The molecule has 0 aliphatic heterocycles. The van der Waals surface area contributed by atoms with E-state index < -0.39 is 0 Å². The molecule has 1 N–H and O–H groups in total. The van der Waals surface area contributed by atoms with E-state index in [-0.39, 0.29) is 11.7 Å². The maximum absolute atomic E-state index is 14.3. The van der Waals surface area contributed by atoms with E-state index in [0.717, 1.165) is 47.9 Å². The van der Waals surface area contributed by atoms with Crippen molar-refractivity contribution in [1.82, 2.24) is 25.1 Å². The summed E-state index contributed by atoms with van der Waals surface area (Å²) in [7, 11) is 0. The molecular formula is C24H24FN5OS. The second-order valence-corrected chi connectivity index (χ2v) is 9.17. The molecule has 0 saturated heterocycles. The molecule has 0 atom stereocenters. The van der Waals surface area contributed by atoms with Crippen molar-refractivity contribution < 1.29 is 9.18 Å². The van der Waals surface area contributed by atoms with Gasteiger partial charge in [-0.2, -0.15) is 0 Å². The monoisotopic (exact) mass is 449 g/mol. The summed E-state index contributed by atoms with van der Waals surface area (Å²) in [6.45, 7) is 0.371. The van der Waals surface area contributed by atoms with Crippen molar-refractivity contribution in [3.8, 4) is 0 Å². The van der Waals surface area contributed by atoms with E-state index in [1.807, 2.05) is 34.9 Å². The Morgan fingerprint density at radius 2 is 1.91 bits per heavy atom. The maximum atomic E-state index is 14.3. The minimum absolute atomic E-state index is 0.148. The Labute approximate surface area is 189 Å². The van der Waals surface area contributed by atoms with E-state index in [9.17, 15) is 9.18 Å². The van der Waals surface area contributed by atoms with Gasteiger partial charge in [0.05, 0.1) is 12.1 Å². The van der Waals surface area contributed by atoms with Crippen LogP contribution in [0.15, 0.2) is 53.7 Å². The lowest BCUT2D eigenvalue weighted by molar-refractivity contribution is -0.121. The van der Waals surface area contributed by atoms with Crippen LogP contribution in [0.5, 0.6) is 0 Å². The highest BCUT2D eigenvalue weighted by Crippen LogP contribution is 2.28. The van der Waals surface area contributed by atoms with Gasteiger partial charge < -0.3 is 9.88 Å². The summed E-state index contributed by atoms with van der Waals surface area (Å²) in [4.78, 5) is 16.6. The average molecular weight is 450 g/mol. The fraction of sp³-hybridized carbons (Fsp3) is 0.333. The van der Waals surface area contributed by atoms with Crippen LogP contribution in [-0.4, -0.2) is 37.5 Å². The first kappa shape index (κ1) is 20.9. The van der Waals surface area contributed by atoms with Gasteiger partial charge in [-0.25, -0.2) is 9.37 Å². The van der Waals surface area contributed by atoms with Gasteiger partial charge in [0.2, 0.25) is 11.1 Å². The quantitative estimate of drug-likeness (QED) is 0.296. The molecule has 5 rings (SSSR count). The van der Waals surface area contributed by atoms with Crippen LogP contribution in [0.1, 0.15) is 37.7 Å². The number of hydrogen-bond donors (Lipinski definition) is 1. The molecule has 0 spiro atoms. The Balaban J connectivity index is 1.32. The zero-order valence-corrected chi connectivity index (χ0v) is 18.4. The number of benzene rings is 2. The van der Waals surface area contributed by atoms with Gasteiger partial charge >= 0.3 is 0 Å². The van der Waals surface area contributed by atoms with E-state index in [4.69, 9.17) is 4.98 Å². The van der Waals surface area contributed by atoms with Crippen LogP contribution >= 0.6 is 11.8 Å². The molecule has 2 heterocycles. The number of carbonyl (C=O) groups is 1. The molecule has 0 unspecified atom stereocenters. The molecular weight excluding hydrogens is 425 g/mol. The molecule has 8 heteroatoms. The predicted molar refractivity (Wildman–Crippen MR) is 124 cm³/mol. The summed E-state index contributed by atoms with van der Waals surface area (Å²) in [5, 5.41) is 13.3. The molecule has 2 aromatic heterocycles. The average Bonchev–Trinajstić information content (AvgIpc) is 3.57. The number of halogens is 1. The number of nitrogens with one attached hydrogen (secondary N) is 1. The Hall–Kier alpha value is -3.00. The lowest BCUT2D eigenvalue weighted by atomic mass is 10.2. The zero-order chi connectivity index (χ0) is 21.9. The Morgan fingerprint density at radius 1 is 1.09 bits per heavy atom. The predicted octanol–water partition coefficient (Wildman–Crippen LogP) is 4.71. The fourth-order valence-electron chi connectivity index (χ4n) is 3.79. The topological polar surface area (TPSA) is 72.7 Å². The number of para-hydroxylation sites is 1. The summed E-state index contributed by atoms with van der Waals surface area (Å²) >= 11 is 1.54. The number of amides is 1. The maximum Gasteiger partial charge on any atom is 0.220 e. The van der Waals surface area contributed by atoms with Crippen molar-refractivity contribution in [1.29, 1.82) is 0 Å². The molecule has 4 aromatic rings. The molecule has 1 aliphatic rings. The molecule has 32 heavy (non-hydrogen) atoms. The number of fused-ring (bicyclic) bond motifs is 3. The van der Waals surface area contributed by atoms with Gasteiger partial charge in [0.25, 0.3) is 0 Å². The van der Waals surface area contributed by atoms with E-state index in [1.165, 1.54) is 17.8 Å². The molecule has 1 amide bonds. The van der Waals surface area contributed by atoms with Crippen molar-refractivity contribution in [2.75, 3.05) is 5.75 Å². The number of unbranched alkanes of at least 4 members (excludes halogenated alkanes) is 1. The molecule has 1 aliphatic carbocycles. The van der Waals surface area contributed by atoms with Crippen LogP contribution < -0.4 is 5.32 Å². The standard InChI is InChI=1S/C24H24FN5OS/c25-19-9-3-1-7-16(19)15-30-20-10-4-2-8-18(20)22-23(30)27-24(29-28-22)32-14-6-5-11-21(31)26-17-12-13-17/h1-4,7-10,17H,5-6,11-15H2,(H,26,31). The molecule has 0 bridgehead atoms. The highest BCUT2D eigenvalue weighted by atomic mass is 32.2. The molecule has 0 radical (unpaired) electrons. The normalized spacial score (nSPS) is 13.7. The zero-order valence-electron chi connectivity index (χ0n) is 17.6. The van der Waals surface area contributed by atoms with Crippen LogP contribution in [0.25, 0.3) is 22.1 Å². The number of rotatable bonds is 9. The van der Waals surface area contributed by atoms with Crippen LogP contribution in [0.4, 0.5) is 4.39 Å². The Kier molecular flexibility index (Phi) is 6.03. The van der Waals surface area contributed by atoms with Crippen molar-refractivity contribution in [2.45, 2.75) is 49.8 Å². The summed E-state index contributed by atoms with van der Waals surface area (Å²) in [6, 6.07) is 15.1. The van der Waals surface area contributed by atoms with Gasteiger partial charge in [-0.3, -0.25) is 4.79 Å². The van der Waals surface area contributed by atoms with Crippen molar-refractivity contribution in [3.05, 3.63) is 59.9 Å². The van der Waals surface area contributed by atoms with Gasteiger partial charge in [0, 0.05) is 29.2 Å². The van der Waals surface area contributed by atoms with Crippen LogP contribution in [-0.2, 0) is 11.3 Å². The summed E-state index contributed by atoms with van der Waals surface area (Å²) < 4.78 is 16.3. The minimum atomic E-state index is -0.235. The first-order valence-electron chi connectivity index (χ1n) is 11.0. The Morgan fingerprint density at radius 3 is 2.75 bits per heavy atom. The van der Waals surface area contributed by atoms with Gasteiger partial charge in [0.1, 0.15) is 11.3 Å². The fourth-order valence-corrected chi connectivity index (χ4v) is 4.57. The molecule has 1 fully saturated rings. The largest absolute Gasteiger partial charge is 0.353 e. The summed E-state index contributed by atoms with van der Waals surface area (Å²) in [5.74, 6) is 0.729. The first-order valence-corrected chi connectivity index (χ1v) is 11.9. The molecule has 1 saturated carbocycles. The Bertz CT molecular complexity index is 1270. The van der Waals surface area contributed by atoms with Gasteiger partial charge in [-0.15, -0.1) is 10.2 Å². The van der Waals surface area contributed by atoms with Crippen molar-refractivity contribution >= 4 is 39.7 Å². The van der Waals surface area contributed by atoms with Crippen molar-refractivity contribution in [2.24, 2.45) is 0 Å². The molecule has 2 aromatic carbocycles. The highest BCUT2D eigenvalue weighted by Gasteiger charge is 2.22. The molecule has 164 valence electrons. The summed E-state index contributed by atoms with van der Waals surface area (Å²) in [5.41, 5.74) is 2.98. The van der Waals surface area contributed by atoms with Gasteiger partial charge in [0.15, 0.2) is 5.65 Å². The third kappa shape index (κ3) is 4.60. The second-order valence-electron chi connectivity index (χ2n) is 8.11. The van der Waals surface area contributed by atoms with E-state index >= 15 is 0 Å². The van der Waals surface area contributed by atoms with Crippen LogP contribution in [0.2, 0.25) is 0 Å². The highest BCUT2D eigenvalue weighted by molar-refractivity contribution is 7.99. The van der Waals surface area contributed by atoms with E-state index in [0.29, 0.717) is 35.4 Å². The third-order valence-electron chi connectivity index (χ3n) is 5.61. The number of thioether (sulfide) groups is 1. The van der Waals surface area contributed by atoms with E-state index in [2.05, 4.69) is 15.5 Å². The van der Waals surface area contributed by atoms with Gasteiger partial charge in [-0.1, -0.05) is 48.2 Å². The summed E-state index contributed by atoms with van der Waals surface area (Å²) in [6.07, 6.45) is 4.54. The minimum Gasteiger partial charge on any atom is -0.353 e. The number of carbonyl (C=O) groups excluding carboxylic acids is 1. The van der Waals surface area contributed by atoms with Gasteiger partial charge in [-0.05, 0) is 37.8 Å². The van der Waals surface area contributed by atoms with Crippen LogP contribution in [0, 0.1) is 5.82 Å². The second kappa shape index (κ2) is 9.24. The SMILES string of the molecule is O=C(CCCCSc1nnc2c3ccccc3n(Cc3ccccc3F)c2n1)NC1CC1. The number of aromatic nitrogens is 4. The van der Waals surface area contributed by atoms with Crippen LogP contribution in [0.3, 0.4) is 0 Å². The lowest BCUT2D eigenvalue weighted by Crippen LogP contribution is -2.24. The lowest BCUT2D eigenvalue weighted by Gasteiger charge is -2.08. The number of nitrogens with zero attached hydrogens (tertiary/aromatic N) is 4.